The summed E-state index contributed by atoms with van der Waals surface area (Å²) in [7, 11) is 0. The molecule has 3 N–H and O–H groups in total. The number of nitrogens with zero attached hydrogens (tertiary/aromatic N) is 1. The van der Waals surface area contributed by atoms with Crippen molar-refractivity contribution in [3.8, 4) is 0 Å². The number of hydrogen-bond acceptors (Lipinski definition) is 4. The molecule has 0 aliphatic heterocycles. The highest BCUT2D eigenvalue weighted by molar-refractivity contribution is 5.69. The Hall–Kier alpha value is -1.95. The summed E-state index contributed by atoms with van der Waals surface area (Å²) in [6.45, 7) is 3.65. The van der Waals surface area contributed by atoms with Crippen molar-refractivity contribution >= 4 is 11.9 Å². The second-order valence-electron chi connectivity index (χ2n) is 2.82. The molecule has 1 aromatic rings. The number of carbonyl (C=O) groups is 2. The van der Waals surface area contributed by atoms with Crippen molar-refractivity contribution in [2.75, 3.05) is 6.61 Å². The Morgan fingerprint density at radius 1 is 1.41 bits per heavy atom. The molecular weight excluding hydrogens is 226 g/mol. The van der Waals surface area contributed by atoms with E-state index in [0.29, 0.717) is 12.3 Å². The van der Waals surface area contributed by atoms with Crippen LogP contribution in [0.15, 0.2) is 24.4 Å². The van der Waals surface area contributed by atoms with E-state index < -0.39 is 5.97 Å². The van der Waals surface area contributed by atoms with Gasteiger partial charge in [0.25, 0.3) is 0 Å². The molecule has 0 saturated carbocycles. The summed E-state index contributed by atoms with van der Waals surface area (Å²) < 4.78 is 4.40. The summed E-state index contributed by atoms with van der Waals surface area (Å²) in [6.07, 6.45) is 1.58. The quantitative estimate of drug-likeness (QED) is 0.775. The largest absolute Gasteiger partial charge is 0.481 e. The summed E-state index contributed by atoms with van der Waals surface area (Å²) in [5, 5.41) is 8.33. The molecule has 96 valence electrons. The molecule has 0 spiro atoms. The third-order valence-corrected chi connectivity index (χ3v) is 1.41. The van der Waals surface area contributed by atoms with E-state index in [2.05, 4.69) is 9.72 Å². The maximum Gasteiger partial charge on any atom is 0.309 e. The second-order valence-corrected chi connectivity index (χ2v) is 2.82. The van der Waals surface area contributed by atoms with Gasteiger partial charge < -0.3 is 15.3 Å². The van der Waals surface area contributed by atoms with Gasteiger partial charge in [0.1, 0.15) is 0 Å². The van der Waals surface area contributed by atoms with Gasteiger partial charge >= 0.3 is 11.9 Å². The number of carboxylic acid groups (broad SMARTS) is 1. The lowest BCUT2D eigenvalue weighted by Gasteiger charge is -1.91. The molecule has 17 heavy (non-hydrogen) atoms. The first-order valence-corrected chi connectivity index (χ1v) is 4.81. The number of aromatic nitrogens is 1. The Balaban J connectivity index is 0. The van der Waals surface area contributed by atoms with Gasteiger partial charge in [0.15, 0.2) is 0 Å². The minimum atomic E-state index is -0.848. The highest BCUT2D eigenvalue weighted by atomic mass is 16.5. The lowest BCUT2D eigenvalue weighted by molar-refractivity contribution is -0.140. The predicted octanol–water partition coefficient (Wildman–Crippen LogP) is 0.453. The Morgan fingerprint density at radius 2 is 2.06 bits per heavy atom. The zero-order valence-corrected chi connectivity index (χ0v) is 9.84. The molecule has 0 aliphatic carbocycles. The monoisotopic (exact) mass is 243 g/mol. The van der Waals surface area contributed by atoms with Gasteiger partial charge in [-0.25, -0.2) is 0 Å². The first-order chi connectivity index (χ1) is 7.56. The van der Waals surface area contributed by atoms with E-state index in [0.717, 1.165) is 0 Å². The average Bonchev–Trinajstić information content (AvgIpc) is 2.18. The zero-order valence-electron chi connectivity index (χ0n) is 9.84. The molecule has 6 heteroatoms. The molecule has 0 fully saturated rings. The molecule has 0 aromatic carbocycles. The van der Waals surface area contributed by atoms with Gasteiger partial charge in [0, 0.05) is 13.1 Å². The number of aliphatic carboxylic acids is 1. The molecule has 0 unspecified atom stereocenters. The summed E-state index contributed by atoms with van der Waals surface area (Å²) in [4.78, 5) is 23.8. The molecule has 1 aromatic heterocycles. The van der Waals surface area contributed by atoms with Crippen LogP contribution in [0.25, 0.3) is 0 Å². The van der Waals surface area contributed by atoms with E-state index >= 15 is 0 Å². The van der Waals surface area contributed by atoms with Crippen LogP contribution in [0.4, 0.5) is 0 Å². The molecule has 0 atom stereocenters. The molecule has 0 radical (unpaired) electrons. The van der Waals surface area contributed by atoms with Crippen LogP contribution in [0.3, 0.4) is 0 Å². The standard InChI is InChI=1S/C7H7NO2.C4H8O2.H2O/c9-7(10)5-6-3-1-2-4-8-6;1-3-6-4(2)5;/h1-4H,5H2,(H,9,10);3H2,1-2H3;1H2. The van der Waals surface area contributed by atoms with Gasteiger partial charge in [-0.2, -0.15) is 0 Å². The summed E-state index contributed by atoms with van der Waals surface area (Å²) >= 11 is 0. The number of hydrogen-bond donors (Lipinski definition) is 1. The number of carboxylic acids is 1. The van der Waals surface area contributed by atoms with Gasteiger partial charge in [0.05, 0.1) is 18.7 Å². The van der Waals surface area contributed by atoms with Crippen molar-refractivity contribution in [2.24, 2.45) is 0 Å². The summed E-state index contributed by atoms with van der Waals surface area (Å²) in [6, 6.07) is 5.21. The van der Waals surface area contributed by atoms with Crippen LogP contribution in [-0.4, -0.2) is 34.1 Å². The van der Waals surface area contributed by atoms with E-state index in [1.165, 1.54) is 6.92 Å². The molecular formula is C11H17NO5. The van der Waals surface area contributed by atoms with E-state index in [-0.39, 0.29) is 17.9 Å². The molecule has 0 saturated heterocycles. The topological polar surface area (TPSA) is 108 Å². The number of rotatable bonds is 3. The number of ether oxygens (including phenoxy) is 1. The van der Waals surface area contributed by atoms with Crippen LogP contribution in [0.5, 0.6) is 0 Å². The van der Waals surface area contributed by atoms with Gasteiger partial charge in [-0.3, -0.25) is 14.6 Å². The van der Waals surface area contributed by atoms with Crippen LogP contribution in [0, 0.1) is 0 Å². The van der Waals surface area contributed by atoms with Gasteiger partial charge in [0.2, 0.25) is 0 Å². The molecule has 0 bridgehead atoms. The first-order valence-electron chi connectivity index (χ1n) is 4.81. The Morgan fingerprint density at radius 3 is 2.35 bits per heavy atom. The normalized spacial score (nSPS) is 8.12. The van der Waals surface area contributed by atoms with Crippen molar-refractivity contribution in [3.63, 3.8) is 0 Å². The Kier molecular flexibility index (Phi) is 10.8. The van der Waals surface area contributed by atoms with E-state index in [1.54, 1.807) is 31.3 Å². The van der Waals surface area contributed by atoms with Crippen molar-refractivity contribution in [1.29, 1.82) is 0 Å². The fourth-order valence-electron chi connectivity index (χ4n) is 0.861. The predicted molar refractivity (Wildman–Crippen MR) is 61.5 cm³/mol. The highest BCUT2D eigenvalue weighted by Crippen LogP contribution is 1.93. The third-order valence-electron chi connectivity index (χ3n) is 1.41. The molecule has 0 aliphatic rings. The van der Waals surface area contributed by atoms with E-state index in [1.807, 2.05) is 0 Å². The zero-order chi connectivity index (χ0) is 12.4. The van der Waals surface area contributed by atoms with Gasteiger partial charge in [-0.05, 0) is 19.1 Å². The number of esters is 1. The van der Waals surface area contributed by atoms with Crippen molar-refractivity contribution < 1.29 is 24.9 Å². The van der Waals surface area contributed by atoms with Gasteiger partial charge in [-0.1, -0.05) is 6.07 Å². The van der Waals surface area contributed by atoms with Crippen molar-refractivity contribution in [2.45, 2.75) is 20.3 Å². The molecule has 0 amide bonds. The van der Waals surface area contributed by atoms with Crippen LogP contribution in [-0.2, 0) is 20.7 Å². The average molecular weight is 243 g/mol. The fraction of sp³-hybridized carbons (Fsp3) is 0.364. The lowest BCUT2D eigenvalue weighted by Crippen LogP contribution is -2.01. The Labute approximate surface area is 99.6 Å². The Bertz CT molecular complexity index is 326. The van der Waals surface area contributed by atoms with Crippen LogP contribution >= 0.6 is 0 Å². The van der Waals surface area contributed by atoms with Crippen LogP contribution < -0.4 is 0 Å². The minimum Gasteiger partial charge on any atom is -0.481 e. The van der Waals surface area contributed by atoms with Crippen LogP contribution in [0.1, 0.15) is 19.5 Å². The van der Waals surface area contributed by atoms with Crippen molar-refractivity contribution in [1.82, 2.24) is 4.98 Å². The molecule has 1 rings (SSSR count). The maximum atomic E-state index is 10.1. The van der Waals surface area contributed by atoms with E-state index in [9.17, 15) is 9.59 Å². The molecule has 1 heterocycles. The molecule has 6 nitrogen and oxygen atoms in total. The van der Waals surface area contributed by atoms with Crippen molar-refractivity contribution in [3.05, 3.63) is 30.1 Å². The SMILES string of the molecule is CCOC(C)=O.O.O=C(O)Cc1ccccn1. The summed E-state index contributed by atoms with van der Waals surface area (Å²) in [5.41, 5.74) is 0.593. The smallest absolute Gasteiger partial charge is 0.309 e. The first kappa shape index (κ1) is 17.4. The third kappa shape index (κ3) is 12.0. The lowest BCUT2D eigenvalue weighted by atomic mass is 10.3. The number of pyridine rings is 1. The summed E-state index contributed by atoms with van der Waals surface area (Å²) in [5.74, 6) is -1.06. The second kappa shape index (κ2) is 10.6. The van der Waals surface area contributed by atoms with E-state index in [4.69, 9.17) is 5.11 Å². The fourth-order valence-corrected chi connectivity index (χ4v) is 0.861. The number of carbonyl (C=O) groups excluding carboxylic acids is 1. The maximum absolute atomic E-state index is 10.1. The minimum absolute atomic E-state index is 0. The van der Waals surface area contributed by atoms with Gasteiger partial charge in [-0.15, -0.1) is 0 Å². The highest BCUT2D eigenvalue weighted by Gasteiger charge is 1.98. The van der Waals surface area contributed by atoms with Crippen LogP contribution in [0.2, 0.25) is 0 Å².